The van der Waals surface area contributed by atoms with Gasteiger partial charge in [0.2, 0.25) is 5.91 Å². The first-order chi connectivity index (χ1) is 13.2. The topological polar surface area (TPSA) is 82.3 Å². The average Bonchev–Trinajstić information content (AvgIpc) is 3.22. The molecule has 1 fully saturated rings. The van der Waals surface area contributed by atoms with Crippen molar-refractivity contribution in [1.82, 2.24) is 9.88 Å². The lowest BCUT2D eigenvalue weighted by Crippen LogP contribution is -2.44. The number of thioether (sulfide) groups is 1. The molecule has 0 bridgehead atoms. The van der Waals surface area contributed by atoms with Crippen LogP contribution in [0.5, 0.6) is 0 Å². The number of amides is 2. The summed E-state index contributed by atoms with van der Waals surface area (Å²) in [5.41, 5.74) is 5.23. The van der Waals surface area contributed by atoms with E-state index in [0.29, 0.717) is 34.1 Å². The van der Waals surface area contributed by atoms with Gasteiger partial charge in [0.15, 0.2) is 5.78 Å². The van der Waals surface area contributed by atoms with Crippen LogP contribution in [0.3, 0.4) is 0 Å². The largest absolute Gasteiger partial charge is 0.354 e. The van der Waals surface area contributed by atoms with Crippen molar-refractivity contribution in [2.75, 3.05) is 16.9 Å². The highest BCUT2D eigenvalue weighted by Crippen LogP contribution is 2.27. The number of aromatic nitrogens is 1. The number of hydrogen-bond acceptors (Lipinski definition) is 4. The van der Waals surface area contributed by atoms with E-state index in [9.17, 15) is 14.4 Å². The van der Waals surface area contributed by atoms with Crippen LogP contribution < -0.4 is 5.32 Å². The third-order valence-corrected chi connectivity index (χ3v) is 6.24. The smallest absolute Gasteiger partial charge is 0.271 e. The standard InChI is InChI=1S/C21H25N3O3S/c1-11-6-7-16(8-12(11)2)23-20(26)17-9-28-10-24(17)21(27)19-13(3)18(15(5)25)14(4)22-19/h6-8,17,22H,9-10H2,1-5H3,(H,23,26)/t17-/m0/s1. The Balaban J connectivity index is 1.81. The maximum Gasteiger partial charge on any atom is 0.271 e. The molecule has 148 valence electrons. The van der Waals surface area contributed by atoms with Crippen LogP contribution in [0.4, 0.5) is 5.69 Å². The number of aryl methyl sites for hydroxylation is 3. The maximum atomic E-state index is 13.1. The zero-order chi connectivity index (χ0) is 20.6. The summed E-state index contributed by atoms with van der Waals surface area (Å²) in [4.78, 5) is 42.4. The monoisotopic (exact) mass is 399 g/mol. The number of Topliss-reactive ketones (excluding diaryl/α,β-unsaturated/α-hetero) is 1. The van der Waals surface area contributed by atoms with Crippen molar-refractivity contribution in [3.8, 4) is 0 Å². The van der Waals surface area contributed by atoms with Gasteiger partial charge in [-0.25, -0.2) is 0 Å². The number of anilines is 1. The fourth-order valence-corrected chi connectivity index (χ4v) is 4.69. The summed E-state index contributed by atoms with van der Waals surface area (Å²) in [6.07, 6.45) is 0. The van der Waals surface area contributed by atoms with Crippen molar-refractivity contribution in [2.24, 2.45) is 0 Å². The number of carbonyl (C=O) groups is 3. The molecule has 0 aliphatic carbocycles. The molecule has 0 radical (unpaired) electrons. The molecule has 28 heavy (non-hydrogen) atoms. The molecule has 6 nitrogen and oxygen atoms in total. The van der Waals surface area contributed by atoms with E-state index in [1.165, 1.54) is 6.92 Å². The molecule has 2 amide bonds. The van der Waals surface area contributed by atoms with E-state index in [4.69, 9.17) is 0 Å². The van der Waals surface area contributed by atoms with Crippen molar-refractivity contribution < 1.29 is 14.4 Å². The maximum absolute atomic E-state index is 13.1. The van der Waals surface area contributed by atoms with Gasteiger partial charge in [0.1, 0.15) is 11.7 Å². The Morgan fingerprint density at radius 2 is 1.86 bits per heavy atom. The molecule has 7 heteroatoms. The van der Waals surface area contributed by atoms with Gasteiger partial charge in [0.05, 0.1) is 5.88 Å². The van der Waals surface area contributed by atoms with Crippen molar-refractivity contribution >= 4 is 35.0 Å². The van der Waals surface area contributed by atoms with E-state index >= 15 is 0 Å². The van der Waals surface area contributed by atoms with Gasteiger partial charge in [-0.15, -0.1) is 11.8 Å². The van der Waals surface area contributed by atoms with Crippen molar-refractivity contribution in [3.63, 3.8) is 0 Å². The molecule has 2 N–H and O–H groups in total. The van der Waals surface area contributed by atoms with Crippen LogP contribution in [0.1, 0.15) is 50.2 Å². The fraction of sp³-hybridized carbons (Fsp3) is 0.381. The zero-order valence-corrected chi connectivity index (χ0v) is 17.6. The number of hydrogen-bond donors (Lipinski definition) is 2. The Morgan fingerprint density at radius 3 is 2.46 bits per heavy atom. The number of nitrogens with zero attached hydrogens (tertiary/aromatic N) is 1. The van der Waals surface area contributed by atoms with E-state index in [1.807, 2.05) is 32.0 Å². The summed E-state index contributed by atoms with van der Waals surface area (Å²) in [5, 5.41) is 2.93. The van der Waals surface area contributed by atoms with Gasteiger partial charge in [0.25, 0.3) is 5.91 Å². The predicted molar refractivity (Wildman–Crippen MR) is 112 cm³/mol. The molecule has 1 aliphatic heterocycles. The number of ketones is 1. The van der Waals surface area contributed by atoms with Gasteiger partial charge in [-0.3, -0.25) is 14.4 Å². The molecule has 1 atom stereocenters. The summed E-state index contributed by atoms with van der Waals surface area (Å²) >= 11 is 1.54. The van der Waals surface area contributed by atoms with E-state index in [-0.39, 0.29) is 17.6 Å². The van der Waals surface area contributed by atoms with Gasteiger partial charge in [-0.1, -0.05) is 6.07 Å². The normalized spacial score (nSPS) is 16.3. The number of nitrogens with one attached hydrogen (secondary N) is 2. The Kier molecular flexibility index (Phi) is 5.65. The van der Waals surface area contributed by atoms with Gasteiger partial charge >= 0.3 is 0 Å². The second-order valence-corrected chi connectivity index (χ2v) is 8.26. The molecule has 2 aromatic rings. The second-order valence-electron chi connectivity index (χ2n) is 7.26. The molecule has 3 rings (SSSR count). The highest BCUT2D eigenvalue weighted by molar-refractivity contribution is 7.99. The first-order valence-electron chi connectivity index (χ1n) is 9.17. The van der Waals surface area contributed by atoms with Gasteiger partial charge < -0.3 is 15.2 Å². The predicted octanol–water partition coefficient (Wildman–Crippen LogP) is 3.60. The van der Waals surface area contributed by atoms with Gasteiger partial charge in [-0.05, 0) is 63.4 Å². The summed E-state index contributed by atoms with van der Waals surface area (Å²) in [7, 11) is 0. The fourth-order valence-electron chi connectivity index (χ4n) is 3.54. The minimum Gasteiger partial charge on any atom is -0.354 e. The van der Waals surface area contributed by atoms with Crippen molar-refractivity contribution in [1.29, 1.82) is 0 Å². The summed E-state index contributed by atoms with van der Waals surface area (Å²) in [6.45, 7) is 9.05. The lowest BCUT2D eigenvalue weighted by molar-refractivity contribution is -0.119. The van der Waals surface area contributed by atoms with E-state index in [0.717, 1.165) is 16.8 Å². The highest BCUT2D eigenvalue weighted by Gasteiger charge is 2.37. The molecule has 1 aromatic carbocycles. The number of rotatable bonds is 4. The van der Waals surface area contributed by atoms with Crippen LogP contribution in [0.25, 0.3) is 0 Å². The third-order valence-electron chi connectivity index (χ3n) is 5.22. The molecule has 1 saturated heterocycles. The van der Waals surface area contributed by atoms with Crippen LogP contribution in [0.15, 0.2) is 18.2 Å². The number of benzene rings is 1. The zero-order valence-electron chi connectivity index (χ0n) is 16.8. The van der Waals surface area contributed by atoms with Gasteiger partial charge in [0, 0.05) is 22.7 Å². The van der Waals surface area contributed by atoms with Crippen LogP contribution in [-0.4, -0.2) is 45.2 Å². The van der Waals surface area contributed by atoms with E-state index < -0.39 is 6.04 Å². The Hall–Kier alpha value is -2.54. The molecule has 1 aromatic heterocycles. The van der Waals surface area contributed by atoms with Crippen LogP contribution in [0, 0.1) is 27.7 Å². The van der Waals surface area contributed by atoms with Crippen LogP contribution in [0.2, 0.25) is 0 Å². The summed E-state index contributed by atoms with van der Waals surface area (Å²) in [6, 6.07) is 5.21. The Bertz CT molecular complexity index is 964. The first kappa shape index (κ1) is 20.2. The molecule has 1 aliphatic rings. The highest BCUT2D eigenvalue weighted by atomic mass is 32.2. The van der Waals surface area contributed by atoms with E-state index in [1.54, 1.807) is 30.5 Å². The Morgan fingerprint density at radius 1 is 1.14 bits per heavy atom. The SMILES string of the molecule is CC(=O)c1c(C)[nH]c(C(=O)N2CSC[C@H]2C(=O)Nc2ccc(C)c(C)c2)c1C. The number of carbonyl (C=O) groups excluding carboxylic acids is 3. The number of aromatic amines is 1. The third kappa shape index (κ3) is 3.71. The van der Waals surface area contributed by atoms with Crippen LogP contribution >= 0.6 is 11.8 Å². The van der Waals surface area contributed by atoms with Crippen molar-refractivity contribution in [3.05, 3.63) is 51.8 Å². The number of H-pyrrole nitrogens is 1. The second kappa shape index (κ2) is 7.83. The lowest BCUT2D eigenvalue weighted by Gasteiger charge is -2.23. The lowest BCUT2D eigenvalue weighted by atomic mass is 10.1. The van der Waals surface area contributed by atoms with E-state index in [2.05, 4.69) is 10.3 Å². The van der Waals surface area contributed by atoms with Gasteiger partial charge in [-0.2, -0.15) is 0 Å². The van der Waals surface area contributed by atoms with Crippen LogP contribution in [-0.2, 0) is 4.79 Å². The minimum absolute atomic E-state index is 0.0786. The molecular formula is C21H25N3O3S. The summed E-state index contributed by atoms with van der Waals surface area (Å²) < 4.78 is 0. The minimum atomic E-state index is -0.553. The van der Waals surface area contributed by atoms with Crippen molar-refractivity contribution in [2.45, 2.75) is 40.7 Å². The Labute approximate surface area is 169 Å². The molecule has 0 saturated carbocycles. The molecule has 2 heterocycles. The average molecular weight is 400 g/mol. The first-order valence-corrected chi connectivity index (χ1v) is 10.3. The quantitative estimate of drug-likeness (QED) is 0.770. The molecule has 0 spiro atoms. The summed E-state index contributed by atoms with van der Waals surface area (Å²) in [5.74, 6) is 0.454. The molecular weight excluding hydrogens is 374 g/mol. The molecule has 0 unspecified atom stereocenters.